The van der Waals surface area contributed by atoms with Crippen molar-refractivity contribution in [1.82, 2.24) is 0 Å². The molecule has 3 heteroatoms. The summed E-state index contributed by atoms with van der Waals surface area (Å²) in [6.07, 6.45) is 2.22. The van der Waals surface area contributed by atoms with E-state index >= 15 is 0 Å². The van der Waals surface area contributed by atoms with Crippen molar-refractivity contribution in [1.29, 1.82) is 0 Å². The van der Waals surface area contributed by atoms with Crippen LogP contribution in [0.3, 0.4) is 0 Å². The van der Waals surface area contributed by atoms with Crippen molar-refractivity contribution in [3.05, 3.63) is 23.8 Å². The summed E-state index contributed by atoms with van der Waals surface area (Å²) >= 11 is 0. The third kappa shape index (κ3) is 2.15. The van der Waals surface area contributed by atoms with Crippen LogP contribution in [0.4, 0.5) is 5.69 Å². The van der Waals surface area contributed by atoms with E-state index in [-0.39, 0.29) is 17.0 Å². The molecule has 2 rings (SSSR count). The summed E-state index contributed by atoms with van der Waals surface area (Å²) in [5, 5.41) is 12.6. The van der Waals surface area contributed by atoms with Crippen LogP contribution < -0.4 is 5.32 Å². The first-order valence-electron chi connectivity index (χ1n) is 4.34. The SMILES string of the molecule is Br.CC1CCc2cc(O)ccc2N1. The second-order valence-electron chi connectivity index (χ2n) is 3.43. The monoisotopic (exact) mass is 243 g/mol. The highest BCUT2D eigenvalue weighted by atomic mass is 79.9. The van der Waals surface area contributed by atoms with Crippen LogP contribution in [0.5, 0.6) is 5.75 Å². The average Bonchev–Trinajstić information content (AvgIpc) is 2.05. The molecule has 1 aliphatic rings. The lowest BCUT2D eigenvalue weighted by molar-refractivity contribution is 0.474. The molecule has 1 aromatic carbocycles. The van der Waals surface area contributed by atoms with Gasteiger partial charge in [-0.2, -0.15) is 0 Å². The minimum Gasteiger partial charge on any atom is -0.508 e. The van der Waals surface area contributed by atoms with Gasteiger partial charge in [-0.15, -0.1) is 17.0 Å². The maximum atomic E-state index is 9.23. The van der Waals surface area contributed by atoms with Crippen molar-refractivity contribution < 1.29 is 5.11 Å². The smallest absolute Gasteiger partial charge is 0.116 e. The van der Waals surface area contributed by atoms with Gasteiger partial charge < -0.3 is 10.4 Å². The number of anilines is 1. The highest BCUT2D eigenvalue weighted by molar-refractivity contribution is 8.93. The van der Waals surface area contributed by atoms with E-state index in [1.165, 1.54) is 11.3 Å². The Labute approximate surface area is 88.7 Å². The second kappa shape index (κ2) is 4.01. The Kier molecular flexibility index (Phi) is 3.20. The van der Waals surface area contributed by atoms with Crippen molar-refractivity contribution in [2.75, 3.05) is 5.32 Å². The van der Waals surface area contributed by atoms with Crippen molar-refractivity contribution >= 4 is 22.7 Å². The summed E-state index contributed by atoms with van der Waals surface area (Å²) in [5.74, 6) is 0.366. The Bertz CT molecular complexity index is 301. The quantitative estimate of drug-likeness (QED) is 0.688. The summed E-state index contributed by atoms with van der Waals surface area (Å²) in [6, 6.07) is 6.07. The Hall–Kier alpha value is -0.700. The maximum Gasteiger partial charge on any atom is 0.116 e. The number of benzene rings is 1. The van der Waals surface area contributed by atoms with Gasteiger partial charge in [0.25, 0.3) is 0 Å². The van der Waals surface area contributed by atoms with Gasteiger partial charge in [-0.05, 0) is 43.5 Å². The molecule has 0 radical (unpaired) electrons. The van der Waals surface area contributed by atoms with Gasteiger partial charge in [0, 0.05) is 11.7 Å². The highest BCUT2D eigenvalue weighted by Crippen LogP contribution is 2.27. The van der Waals surface area contributed by atoms with Gasteiger partial charge in [0.2, 0.25) is 0 Å². The number of nitrogens with one attached hydrogen (secondary N) is 1. The number of aromatic hydroxyl groups is 1. The molecule has 72 valence electrons. The third-order valence-corrected chi connectivity index (χ3v) is 2.34. The molecule has 0 saturated carbocycles. The van der Waals surface area contributed by atoms with Gasteiger partial charge in [0.15, 0.2) is 0 Å². The van der Waals surface area contributed by atoms with Crippen molar-refractivity contribution in [2.45, 2.75) is 25.8 Å². The summed E-state index contributed by atoms with van der Waals surface area (Å²) < 4.78 is 0. The molecule has 1 unspecified atom stereocenters. The second-order valence-corrected chi connectivity index (χ2v) is 3.43. The van der Waals surface area contributed by atoms with Gasteiger partial charge in [-0.3, -0.25) is 0 Å². The van der Waals surface area contributed by atoms with Crippen LogP contribution in [0, 0.1) is 0 Å². The standard InChI is InChI=1S/C10H13NO.BrH/c1-7-2-3-8-6-9(12)4-5-10(8)11-7;/h4-7,11-12H,2-3H2,1H3;1H. The van der Waals surface area contributed by atoms with Crippen LogP contribution in [0.15, 0.2) is 18.2 Å². The molecule has 13 heavy (non-hydrogen) atoms. The minimum absolute atomic E-state index is 0. The van der Waals surface area contributed by atoms with Crippen LogP contribution in [0.2, 0.25) is 0 Å². The largest absolute Gasteiger partial charge is 0.508 e. The van der Waals surface area contributed by atoms with E-state index in [0.29, 0.717) is 11.8 Å². The van der Waals surface area contributed by atoms with E-state index in [1.807, 2.05) is 12.1 Å². The predicted molar refractivity (Wildman–Crippen MR) is 59.8 cm³/mol. The molecule has 1 aromatic rings. The number of hydrogen-bond acceptors (Lipinski definition) is 2. The first-order valence-corrected chi connectivity index (χ1v) is 4.34. The van der Waals surface area contributed by atoms with E-state index in [1.54, 1.807) is 6.07 Å². The molecule has 0 aromatic heterocycles. The fourth-order valence-corrected chi connectivity index (χ4v) is 1.64. The van der Waals surface area contributed by atoms with Crippen LogP contribution in [-0.4, -0.2) is 11.1 Å². The molecule has 1 heterocycles. The lowest BCUT2D eigenvalue weighted by Crippen LogP contribution is -2.21. The number of phenolic OH excluding ortho intramolecular Hbond substituents is 1. The zero-order valence-corrected chi connectivity index (χ0v) is 9.29. The Morgan fingerprint density at radius 1 is 1.46 bits per heavy atom. The molecule has 0 saturated heterocycles. The molecule has 0 amide bonds. The zero-order chi connectivity index (χ0) is 8.55. The number of phenols is 1. The first kappa shape index (κ1) is 10.4. The average molecular weight is 244 g/mol. The highest BCUT2D eigenvalue weighted by Gasteiger charge is 2.13. The first-order chi connectivity index (χ1) is 5.75. The summed E-state index contributed by atoms with van der Waals surface area (Å²) in [5.41, 5.74) is 2.40. The molecule has 0 spiro atoms. The number of halogens is 1. The molecular formula is C10H14BrNO. The van der Waals surface area contributed by atoms with Crippen molar-refractivity contribution in [2.24, 2.45) is 0 Å². The molecule has 1 aliphatic heterocycles. The van der Waals surface area contributed by atoms with E-state index in [9.17, 15) is 5.11 Å². The normalized spacial score (nSPS) is 19.6. The summed E-state index contributed by atoms with van der Waals surface area (Å²) in [6.45, 7) is 2.18. The van der Waals surface area contributed by atoms with Gasteiger partial charge in [-0.1, -0.05) is 0 Å². The number of fused-ring (bicyclic) bond motifs is 1. The fraction of sp³-hybridized carbons (Fsp3) is 0.400. The maximum absolute atomic E-state index is 9.23. The van der Waals surface area contributed by atoms with Crippen molar-refractivity contribution in [3.8, 4) is 5.75 Å². The molecular weight excluding hydrogens is 230 g/mol. The van der Waals surface area contributed by atoms with Crippen LogP contribution in [0.1, 0.15) is 18.9 Å². The van der Waals surface area contributed by atoms with Gasteiger partial charge in [0.1, 0.15) is 5.75 Å². The van der Waals surface area contributed by atoms with Crippen LogP contribution in [-0.2, 0) is 6.42 Å². The van der Waals surface area contributed by atoms with Gasteiger partial charge in [0.05, 0.1) is 0 Å². The number of aryl methyl sites for hydroxylation is 1. The number of hydrogen-bond donors (Lipinski definition) is 2. The number of rotatable bonds is 0. The molecule has 2 N–H and O–H groups in total. The Morgan fingerprint density at radius 3 is 3.00 bits per heavy atom. The van der Waals surface area contributed by atoms with E-state index in [0.717, 1.165) is 12.8 Å². The summed E-state index contributed by atoms with van der Waals surface area (Å²) in [4.78, 5) is 0. The fourth-order valence-electron chi connectivity index (χ4n) is 1.64. The molecule has 1 atom stereocenters. The van der Waals surface area contributed by atoms with Crippen LogP contribution >= 0.6 is 17.0 Å². The van der Waals surface area contributed by atoms with Crippen LogP contribution in [0.25, 0.3) is 0 Å². The Balaban J connectivity index is 0.000000845. The van der Waals surface area contributed by atoms with E-state index in [4.69, 9.17) is 0 Å². The lowest BCUT2D eigenvalue weighted by Gasteiger charge is -2.23. The molecule has 0 bridgehead atoms. The van der Waals surface area contributed by atoms with Crippen molar-refractivity contribution in [3.63, 3.8) is 0 Å². The van der Waals surface area contributed by atoms with Gasteiger partial charge in [-0.25, -0.2) is 0 Å². The summed E-state index contributed by atoms with van der Waals surface area (Å²) in [7, 11) is 0. The van der Waals surface area contributed by atoms with E-state index < -0.39 is 0 Å². The zero-order valence-electron chi connectivity index (χ0n) is 7.58. The Morgan fingerprint density at radius 2 is 2.23 bits per heavy atom. The molecule has 0 aliphatic carbocycles. The van der Waals surface area contributed by atoms with Gasteiger partial charge >= 0.3 is 0 Å². The molecule has 2 nitrogen and oxygen atoms in total. The van der Waals surface area contributed by atoms with E-state index in [2.05, 4.69) is 12.2 Å². The third-order valence-electron chi connectivity index (χ3n) is 2.34. The lowest BCUT2D eigenvalue weighted by atomic mass is 9.99. The predicted octanol–water partition coefficient (Wildman–Crippen LogP) is 2.72. The minimum atomic E-state index is 0. The topological polar surface area (TPSA) is 32.3 Å². The molecule has 0 fully saturated rings.